The Hall–Kier alpha value is -0.150. The average molecular weight is 273 g/mol. The van der Waals surface area contributed by atoms with Gasteiger partial charge in [0.15, 0.2) is 0 Å². The topological polar surface area (TPSA) is 25.8 Å². The van der Waals surface area contributed by atoms with Crippen LogP contribution in [0.5, 0.6) is 0 Å². The molecule has 0 aromatic carbocycles. The zero-order chi connectivity index (χ0) is 12.5. The number of aromatic nitrogens is 2. The molecule has 0 amide bonds. The molecule has 17 heavy (non-hydrogen) atoms. The minimum atomic E-state index is -0.0150. The van der Waals surface area contributed by atoms with Crippen molar-refractivity contribution in [1.29, 1.82) is 0 Å². The minimum absolute atomic E-state index is 0.0150. The first kappa shape index (κ1) is 13.3. The Morgan fingerprint density at radius 2 is 1.88 bits per heavy atom. The summed E-state index contributed by atoms with van der Waals surface area (Å²) in [5.74, 6) is 0.717. The third kappa shape index (κ3) is 2.82. The Balaban J connectivity index is 2.25. The van der Waals surface area contributed by atoms with Crippen molar-refractivity contribution in [3.05, 3.63) is 10.0 Å². The summed E-state index contributed by atoms with van der Waals surface area (Å²) in [6.07, 6.45) is 6.45. The number of hydrogen-bond donors (Lipinski definition) is 0. The lowest BCUT2D eigenvalue weighted by atomic mass is 9.79. The van der Waals surface area contributed by atoms with Crippen molar-refractivity contribution in [3.8, 4) is 0 Å². The van der Waals surface area contributed by atoms with E-state index in [4.69, 9.17) is 11.6 Å². The van der Waals surface area contributed by atoms with Gasteiger partial charge in [-0.2, -0.15) is 0 Å². The van der Waals surface area contributed by atoms with Crippen molar-refractivity contribution in [2.45, 2.75) is 63.7 Å². The molecular weight excluding hydrogens is 252 g/mol. The highest BCUT2D eigenvalue weighted by atomic mass is 35.5. The van der Waals surface area contributed by atoms with Gasteiger partial charge in [-0.1, -0.05) is 38.0 Å². The SMILES string of the molecule is CC(C)CC1(c2nnc(C(C)Cl)s2)CCCC1. The minimum Gasteiger partial charge on any atom is -0.143 e. The molecule has 1 unspecified atom stereocenters. The molecule has 0 saturated heterocycles. The third-order valence-corrected chi connectivity index (χ3v) is 5.28. The van der Waals surface area contributed by atoms with E-state index in [9.17, 15) is 0 Å². The number of halogens is 1. The van der Waals surface area contributed by atoms with Gasteiger partial charge in [0.2, 0.25) is 0 Å². The Morgan fingerprint density at radius 1 is 1.24 bits per heavy atom. The summed E-state index contributed by atoms with van der Waals surface area (Å²) in [7, 11) is 0. The van der Waals surface area contributed by atoms with Crippen molar-refractivity contribution in [3.63, 3.8) is 0 Å². The smallest absolute Gasteiger partial charge is 0.135 e. The molecule has 0 N–H and O–H groups in total. The normalized spacial score (nSPS) is 21.0. The van der Waals surface area contributed by atoms with Crippen LogP contribution in [0.2, 0.25) is 0 Å². The van der Waals surface area contributed by atoms with Crippen molar-refractivity contribution in [1.82, 2.24) is 10.2 Å². The van der Waals surface area contributed by atoms with E-state index in [1.54, 1.807) is 11.3 Å². The Labute approximate surface area is 113 Å². The molecule has 2 nitrogen and oxygen atoms in total. The molecule has 1 saturated carbocycles. The van der Waals surface area contributed by atoms with Gasteiger partial charge in [-0.3, -0.25) is 0 Å². The molecule has 2 rings (SSSR count). The molecule has 1 aliphatic rings. The van der Waals surface area contributed by atoms with Gasteiger partial charge in [-0.15, -0.1) is 21.8 Å². The lowest BCUT2D eigenvalue weighted by molar-refractivity contribution is 0.343. The molecule has 1 fully saturated rings. The largest absolute Gasteiger partial charge is 0.143 e. The van der Waals surface area contributed by atoms with Gasteiger partial charge in [0.05, 0.1) is 5.38 Å². The molecule has 1 atom stereocenters. The summed E-state index contributed by atoms with van der Waals surface area (Å²) < 4.78 is 0. The number of alkyl halides is 1. The highest BCUT2D eigenvalue weighted by Gasteiger charge is 2.39. The van der Waals surface area contributed by atoms with E-state index in [0.29, 0.717) is 11.3 Å². The van der Waals surface area contributed by atoms with Crippen LogP contribution in [0.25, 0.3) is 0 Å². The molecule has 4 heteroatoms. The van der Waals surface area contributed by atoms with Crippen molar-refractivity contribution in [2.75, 3.05) is 0 Å². The average Bonchev–Trinajstić information content (AvgIpc) is 2.83. The monoisotopic (exact) mass is 272 g/mol. The van der Waals surface area contributed by atoms with E-state index in [1.165, 1.54) is 37.1 Å². The molecule has 1 aromatic heterocycles. The van der Waals surface area contributed by atoms with Crippen molar-refractivity contribution < 1.29 is 0 Å². The van der Waals surface area contributed by atoms with Gasteiger partial charge >= 0.3 is 0 Å². The number of nitrogens with zero attached hydrogens (tertiary/aromatic N) is 2. The van der Waals surface area contributed by atoms with Crippen LogP contribution in [0.3, 0.4) is 0 Å². The molecule has 1 aliphatic carbocycles. The maximum absolute atomic E-state index is 6.08. The van der Waals surface area contributed by atoms with Gasteiger partial charge in [0, 0.05) is 5.41 Å². The maximum atomic E-state index is 6.08. The quantitative estimate of drug-likeness (QED) is 0.743. The third-order valence-electron chi connectivity index (χ3n) is 3.59. The Bertz CT molecular complexity index is 367. The number of hydrogen-bond acceptors (Lipinski definition) is 3. The first-order valence-electron chi connectivity index (χ1n) is 6.51. The lowest BCUT2D eigenvalue weighted by Gasteiger charge is -2.27. The fraction of sp³-hybridized carbons (Fsp3) is 0.846. The molecule has 1 heterocycles. The predicted octanol–water partition coefficient (Wildman–Crippen LogP) is 4.70. The summed E-state index contributed by atoms with van der Waals surface area (Å²) in [4.78, 5) is 0. The maximum Gasteiger partial charge on any atom is 0.135 e. The van der Waals surface area contributed by atoms with Crippen LogP contribution >= 0.6 is 22.9 Å². The van der Waals surface area contributed by atoms with Gasteiger partial charge in [-0.05, 0) is 32.1 Å². The second-order valence-corrected chi connectivity index (χ2v) is 7.31. The molecule has 96 valence electrons. The van der Waals surface area contributed by atoms with Crippen LogP contribution in [-0.2, 0) is 5.41 Å². The fourth-order valence-corrected chi connectivity index (χ4v) is 4.15. The van der Waals surface area contributed by atoms with E-state index < -0.39 is 0 Å². The van der Waals surface area contributed by atoms with Crippen LogP contribution < -0.4 is 0 Å². The molecule has 0 radical (unpaired) electrons. The molecule has 0 bridgehead atoms. The second kappa shape index (κ2) is 5.23. The van der Waals surface area contributed by atoms with Crippen LogP contribution in [-0.4, -0.2) is 10.2 Å². The molecule has 1 aromatic rings. The Kier molecular flexibility index (Phi) is 4.09. The predicted molar refractivity (Wildman–Crippen MR) is 73.8 cm³/mol. The second-order valence-electron chi connectivity index (χ2n) is 5.65. The summed E-state index contributed by atoms with van der Waals surface area (Å²) >= 11 is 7.81. The molecule has 0 aliphatic heterocycles. The van der Waals surface area contributed by atoms with E-state index in [0.717, 1.165) is 5.01 Å². The summed E-state index contributed by atoms with van der Waals surface area (Å²) in [6, 6.07) is 0. The summed E-state index contributed by atoms with van der Waals surface area (Å²) in [5.41, 5.74) is 0.301. The molecule has 0 spiro atoms. The first-order chi connectivity index (χ1) is 8.03. The van der Waals surface area contributed by atoms with E-state index in [1.807, 2.05) is 6.92 Å². The highest BCUT2D eigenvalue weighted by Crippen LogP contribution is 2.47. The summed E-state index contributed by atoms with van der Waals surface area (Å²) in [5, 5.41) is 10.9. The zero-order valence-corrected chi connectivity index (χ0v) is 12.4. The fourth-order valence-electron chi connectivity index (χ4n) is 2.95. The summed E-state index contributed by atoms with van der Waals surface area (Å²) in [6.45, 7) is 6.56. The van der Waals surface area contributed by atoms with Gasteiger partial charge in [-0.25, -0.2) is 0 Å². The Morgan fingerprint density at radius 3 is 2.35 bits per heavy atom. The first-order valence-corrected chi connectivity index (χ1v) is 7.77. The van der Waals surface area contributed by atoms with Crippen LogP contribution in [0.1, 0.15) is 68.3 Å². The van der Waals surface area contributed by atoms with Crippen LogP contribution in [0, 0.1) is 5.92 Å². The lowest BCUT2D eigenvalue weighted by Crippen LogP contribution is -2.24. The van der Waals surface area contributed by atoms with E-state index in [2.05, 4.69) is 24.0 Å². The van der Waals surface area contributed by atoms with Gasteiger partial charge in [0.25, 0.3) is 0 Å². The van der Waals surface area contributed by atoms with Crippen molar-refractivity contribution >= 4 is 22.9 Å². The zero-order valence-electron chi connectivity index (χ0n) is 10.9. The van der Waals surface area contributed by atoms with Gasteiger partial charge < -0.3 is 0 Å². The van der Waals surface area contributed by atoms with Crippen molar-refractivity contribution in [2.24, 2.45) is 5.92 Å². The standard InChI is InChI=1S/C13H21ClN2S/c1-9(2)8-13(6-4-5-7-13)12-16-15-11(17-12)10(3)14/h9-10H,4-8H2,1-3H3. The number of rotatable bonds is 4. The highest BCUT2D eigenvalue weighted by molar-refractivity contribution is 7.11. The van der Waals surface area contributed by atoms with Crippen LogP contribution in [0.15, 0.2) is 0 Å². The van der Waals surface area contributed by atoms with Crippen LogP contribution in [0.4, 0.5) is 0 Å². The van der Waals surface area contributed by atoms with E-state index >= 15 is 0 Å². The van der Waals surface area contributed by atoms with E-state index in [-0.39, 0.29) is 5.38 Å². The molecular formula is C13H21ClN2S. The van der Waals surface area contributed by atoms with Gasteiger partial charge in [0.1, 0.15) is 10.0 Å².